The van der Waals surface area contributed by atoms with Crippen molar-refractivity contribution in [3.8, 4) is 0 Å². The standard InChI is InChI=1S/C12H12BrClN2O3/c1-7-2-9(14)4-10(16(18)19)12(7)15-6-8(5-13)3-11(15)17/h2,4,8H,3,5-6H2,1H3. The number of nitro benzene ring substituents is 1. The zero-order valence-electron chi connectivity index (χ0n) is 10.2. The van der Waals surface area contributed by atoms with Crippen LogP contribution in [-0.4, -0.2) is 22.7 Å². The molecule has 1 aromatic rings. The lowest BCUT2D eigenvalue weighted by Gasteiger charge is -2.19. The fourth-order valence-corrected chi connectivity index (χ4v) is 3.01. The Morgan fingerprint density at radius 1 is 1.58 bits per heavy atom. The minimum atomic E-state index is -0.497. The molecule has 1 aliphatic rings. The SMILES string of the molecule is Cc1cc(Cl)cc([N+](=O)[O-])c1N1CC(CBr)CC1=O. The van der Waals surface area contributed by atoms with Gasteiger partial charge in [0.05, 0.1) is 4.92 Å². The maximum absolute atomic E-state index is 12.0. The highest BCUT2D eigenvalue weighted by atomic mass is 79.9. The Balaban J connectivity index is 2.50. The summed E-state index contributed by atoms with van der Waals surface area (Å²) in [5, 5.41) is 12.1. The Morgan fingerprint density at radius 2 is 2.26 bits per heavy atom. The van der Waals surface area contributed by atoms with Crippen molar-refractivity contribution in [2.75, 3.05) is 16.8 Å². The summed E-state index contributed by atoms with van der Waals surface area (Å²) in [6.45, 7) is 2.22. The molecule has 1 atom stereocenters. The van der Waals surface area contributed by atoms with E-state index in [0.29, 0.717) is 34.6 Å². The van der Waals surface area contributed by atoms with Crippen molar-refractivity contribution in [1.82, 2.24) is 0 Å². The monoisotopic (exact) mass is 346 g/mol. The van der Waals surface area contributed by atoms with Crippen LogP contribution in [0.3, 0.4) is 0 Å². The van der Waals surface area contributed by atoms with Crippen LogP contribution in [0.5, 0.6) is 0 Å². The van der Waals surface area contributed by atoms with Gasteiger partial charge in [0.1, 0.15) is 5.69 Å². The molecule has 0 bridgehead atoms. The number of hydrogen-bond acceptors (Lipinski definition) is 3. The number of anilines is 1. The number of aryl methyl sites for hydroxylation is 1. The molecule has 1 amide bonds. The molecule has 1 saturated heterocycles. The smallest absolute Gasteiger partial charge is 0.294 e. The van der Waals surface area contributed by atoms with E-state index in [1.54, 1.807) is 13.0 Å². The number of carbonyl (C=O) groups is 1. The predicted molar refractivity (Wildman–Crippen MR) is 77.1 cm³/mol. The molecule has 5 nitrogen and oxygen atoms in total. The second-order valence-corrected chi connectivity index (χ2v) is 5.66. The van der Waals surface area contributed by atoms with E-state index in [0.717, 1.165) is 0 Å². The van der Waals surface area contributed by atoms with Crippen molar-refractivity contribution in [3.63, 3.8) is 0 Å². The van der Waals surface area contributed by atoms with Gasteiger partial charge < -0.3 is 4.90 Å². The summed E-state index contributed by atoms with van der Waals surface area (Å²) >= 11 is 9.20. The summed E-state index contributed by atoms with van der Waals surface area (Å²) in [5.41, 5.74) is 0.888. The number of carbonyl (C=O) groups excluding carboxylic acids is 1. The third kappa shape index (κ3) is 2.74. The molecule has 0 N–H and O–H groups in total. The minimum Gasteiger partial charge on any atom is -0.306 e. The molecule has 1 aliphatic heterocycles. The van der Waals surface area contributed by atoms with Gasteiger partial charge in [-0.2, -0.15) is 0 Å². The molecule has 0 saturated carbocycles. The molecule has 0 aliphatic carbocycles. The third-order valence-corrected chi connectivity index (χ3v) is 4.27. The number of halogens is 2. The molecule has 102 valence electrons. The van der Waals surface area contributed by atoms with Gasteiger partial charge in [0, 0.05) is 29.4 Å². The Labute approximate surface area is 123 Å². The number of alkyl halides is 1. The first-order valence-electron chi connectivity index (χ1n) is 5.75. The fraction of sp³-hybridized carbons (Fsp3) is 0.417. The lowest BCUT2D eigenvalue weighted by Crippen LogP contribution is -2.26. The van der Waals surface area contributed by atoms with E-state index in [1.807, 2.05) is 0 Å². The highest BCUT2D eigenvalue weighted by molar-refractivity contribution is 9.09. The van der Waals surface area contributed by atoms with Crippen molar-refractivity contribution < 1.29 is 9.72 Å². The molecule has 1 unspecified atom stereocenters. The summed E-state index contributed by atoms with van der Waals surface area (Å²) in [6, 6.07) is 2.93. The van der Waals surface area contributed by atoms with E-state index < -0.39 is 4.92 Å². The van der Waals surface area contributed by atoms with Crippen LogP contribution in [0.2, 0.25) is 5.02 Å². The van der Waals surface area contributed by atoms with Crippen LogP contribution in [0.15, 0.2) is 12.1 Å². The number of benzene rings is 1. The van der Waals surface area contributed by atoms with Crippen molar-refractivity contribution in [2.45, 2.75) is 13.3 Å². The zero-order chi connectivity index (χ0) is 14.2. The molecule has 0 aromatic heterocycles. The second kappa shape index (κ2) is 5.46. The van der Waals surface area contributed by atoms with Crippen molar-refractivity contribution in [3.05, 3.63) is 32.8 Å². The first-order chi connectivity index (χ1) is 8.93. The van der Waals surface area contributed by atoms with Crippen LogP contribution in [0.4, 0.5) is 11.4 Å². The Kier molecular flexibility index (Phi) is 4.10. The van der Waals surface area contributed by atoms with Gasteiger partial charge in [-0.05, 0) is 24.5 Å². The van der Waals surface area contributed by atoms with Crippen LogP contribution in [0, 0.1) is 23.0 Å². The largest absolute Gasteiger partial charge is 0.306 e. The molecular weight excluding hydrogens is 336 g/mol. The number of nitrogens with zero attached hydrogens (tertiary/aromatic N) is 2. The second-order valence-electron chi connectivity index (χ2n) is 4.58. The average molecular weight is 348 g/mol. The molecule has 1 fully saturated rings. The summed E-state index contributed by atoms with van der Waals surface area (Å²) < 4.78 is 0. The highest BCUT2D eigenvalue weighted by Gasteiger charge is 2.34. The van der Waals surface area contributed by atoms with Crippen molar-refractivity contribution in [1.29, 1.82) is 0 Å². The fourth-order valence-electron chi connectivity index (χ4n) is 2.31. The van der Waals surface area contributed by atoms with Crippen LogP contribution < -0.4 is 4.90 Å². The van der Waals surface area contributed by atoms with Crippen LogP contribution in [0.25, 0.3) is 0 Å². The van der Waals surface area contributed by atoms with Gasteiger partial charge in [-0.15, -0.1) is 0 Å². The molecule has 1 aromatic carbocycles. The molecule has 0 radical (unpaired) electrons. The maximum atomic E-state index is 12.0. The van der Waals surface area contributed by atoms with Crippen LogP contribution in [0.1, 0.15) is 12.0 Å². The Hall–Kier alpha value is -1.14. The summed E-state index contributed by atoms with van der Waals surface area (Å²) in [6.07, 6.45) is 0.407. The molecule has 1 heterocycles. The Bertz CT molecular complexity index is 550. The zero-order valence-corrected chi connectivity index (χ0v) is 12.6. The normalized spacial score (nSPS) is 19.0. The van der Waals surface area contributed by atoms with Gasteiger partial charge in [0.2, 0.25) is 5.91 Å². The van der Waals surface area contributed by atoms with E-state index in [4.69, 9.17) is 11.6 Å². The topological polar surface area (TPSA) is 63.5 Å². The van der Waals surface area contributed by atoms with Gasteiger partial charge in [-0.3, -0.25) is 14.9 Å². The van der Waals surface area contributed by atoms with Gasteiger partial charge in [-0.1, -0.05) is 27.5 Å². The van der Waals surface area contributed by atoms with Gasteiger partial charge >= 0.3 is 0 Å². The van der Waals surface area contributed by atoms with Crippen molar-refractivity contribution >= 4 is 44.8 Å². The van der Waals surface area contributed by atoms with Crippen LogP contribution in [-0.2, 0) is 4.79 Å². The van der Waals surface area contributed by atoms with Gasteiger partial charge in [0.15, 0.2) is 0 Å². The Morgan fingerprint density at radius 3 is 2.79 bits per heavy atom. The summed E-state index contributed by atoms with van der Waals surface area (Å²) in [5.74, 6) is 0.0974. The van der Waals surface area contributed by atoms with E-state index >= 15 is 0 Å². The van der Waals surface area contributed by atoms with E-state index in [2.05, 4.69) is 15.9 Å². The highest BCUT2D eigenvalue weighted by Crippen LogP contribution is 2.38. The number of amides is 1. The molecular formula is C12H12BrClN2O3. The van der Waals surface area contributed by atoms with Gasteiger partial charge in [0.25, 0.3) is 5.69 Å². The average Bonchev–Trinajstić information content (AvgIpc) is 2.69. The number of nitro groups is 1. The maximum Gasteiger partial charge on any atom is 0.294 e. The van der Waals surface area contributed by atoms with E-state index in [9.17, 15) is 14.9 Å². The van der Waals surface area contributed by atoms with Crippen LogP contribution >= 0.6 is 27.5 Å². The van der Waals surface area contributed by atoms with E-state index in [1.165, 1.54) is 11.0 Å². The van der Waals surface area contributed by atoms with E-state index in [-0.39, 0.29) is 17.5 Å². The number of rotatable bonds is 3. The summed E-state index contributed by atoms with van der Waals surface area (Å²) in [4.78, 5) is 24.1. The van der Waals surface area contributed by atoms with Gasteiger partial charge in [-0.25, -0.2) is 0 Å². The van der Waals surface area contributed by atoms with Crippen molar-refractivity contribution in [2.24, 2.45) is 5.92 Å². The molecule has 2 rings (SSSR count). The third-order valence-electron chi connectivity index (χ3n) is 3.14. The lowest BCUT2D eigenvalue weighted by molar-refractivity contribution is -0.384. The minimum absolute atomic E-state index is 0.0852. The summed E-state index contributed by atoms with van der Waals surface area (Å²) in [7, 11) is 0. The molecule has 19 heavy (non-hydrogen) atoms. The predicted octanol–water partition coefficient (Wildman–Crippen LogP) is 3.30. The first kappa shape index (κ1) is 14.3. The molecule has 0 spiro atoms. The first-order valence-corrected chi connectivity index (χ1v) is 7.24. The molecule has 7 heteroatoms. The number of hydrogen-bond donors (Lipinski definition) is 0. The lowest BCUT2D eigenvalue weighted by atomic mass is 10.1. The quantitative estimate of drug-likeness (QED) is 0.479.